The Labute approximate surface area is 114 Å². The molecule has 3 unspecified atom stereocenters. The molecule has 1 aromatic heterocycles. The Bertz CT molecular complexity index is 591. The number of nitrogens with two attached hydrogens (primary N) is 1. The molecule has 0 amide bonds. The molecule has 0 aromatic carbocycles. The van der Waals surface area contributed by atoms with Gasteiger partial charge in [0, 0.05) is 18.2 Å². The number of nitro groups is 1. The number of rotatable bonds is 3. The topological polar surface area (TPSA) is 123 Å². The largest absolute Gasteiger partial charge is 0.481 e. The summed E-state index contributed by atoms with van der Waals surface area (Å²) >= 11 is 0. The highest BCUT2D eigenvalue weighted by molar-refractivity contribution is 5.74. The molecular weight excluding hydrogens is 264 g/mol. The highest BCUT2D eigenvalue weighted by Crippen LogP contribution is 2.44. The van der Waals surface area contributed by atoms with Gasteiger partial charge in [-0.05, 0) is 25.3 Å². The van der Waals surface area contributed by atoms with Crippen molar-refractivity contribution in [1.82, 2.24) is 4.98 Å². The van der Waals surface area contributed by atoms with E-state index in [1.54, 1.807) is 6.07 Å². The van der Waals surface area contributed by atoms with E-state index in [0.29, 0.717) is 12.2 Å². The summed E-state index contributed by atoms with van der Waals surface area (Å²) in [5.41, 5.74) is 5.37. The minimum Gasteiger partial charge on any atom is -0.481 e. The maximum absolute atomic E-state index is 11.2. The summed E-state index contributed by atoms with van der Waals surface area (Å²) in [7, 11) is 0. The molecule has 0 spiro atoms. The van der Waals surface area contributed by atoms with E-state index < -0.39 is 16.8 Å². The first-order valence-corrected chi connectivity index (χ1v) is 6.41. The molecule has 8 nitrogen and oxygen atoms in total. The van der Waals surface area contributed by atoms with E-state index in [-0.39, 0.29) is 23.6 Å². The standard InChI is InChI=1S/C12H14N4O4/c13-11-9(16(19)20)3-4-10(14-11)15-6-1-2-8(15)7(5-6)12(17)18/h3-4,6-8H,1-2,5H2,(H2,13,14)(H,17,18). The van der Waals surface area contributed by atoms with Crippen LogP contribution in [0.4, 0.5) is 17.3 Å². The molecule has 2 fully saturated rings. The number of hydrogen-bond donors (Lipinski definition) is 2. The van der Waals surface area contributed by atoms with Gasteiger partial charge >= 0.3 is 11.7 Å². The summed E-state index contributed by atoms with van der Waals surface area (Å²) in [6.07, 6.45) is 2.33. The number of fused-ring (bicyclic) bond motifs is 2. The maximum Gasteiger partial charge on any atom is 0.311 e. The van der Waals surface area contributed by atoms with Crippen LogP contribution >= 0.6 is 0 Å². The van der Waals surface area contributed by atoms with Crippen molar-refractivity contribution in [2.24, 2.45) is 5.92 Å². The van der Waals surface area contributed by atoms with Crippen LogP contribution in [0, 0.1) is 16.0 Å². The van der Waals surface area contributed by atoms with Crippen molar-refractivity contribution in [2.45, 2.75) is 31.3 Å². The van der Waals surface area contributed by atoms with Gasteiger partial charge in [0.15, 0.2) is 0 Å². The number of hydrogen-bond acceptors (Lipinski definition) is 6. The molecule has 0 radical (unpaired) electrons. The molecular formula is C12H14N4O4. The third-order valence-electron chi connectivity index (χ3n) is 4.20. The van der Waals surface area contributed by atoms with E-state index in [9.17, 15) is 20.0 Å². The average Bonchev–Trinajstić information content (AvgIpc) is 2.95. The lowest BCUT2D eigenvalue weighted by Crippen LogP contribution is -2.33. The van der Waals surface area contributed by atoms with E-state index in [2.05, 4.69) is 4.98 Å². The minimum absolute atomic E-state index is 0.0918. The van der Waals surface area contributed by atoms with Gasteiger partial charge in [0.1, 0.15) is 5.82 Å². The molecule has 8 heteroatoms. The van der Waals surface area contributed by atoms with Gasteiger partial charge in [0.25, 0.3) is 0 Å². The summed E-state index contributed by atoms with van der Waals surface area (Å²) in [5, 5.41) is 19.9. The van der Waals surface area contributed by atoms with Gasteiger partial charge < -0.3 is 15.7 Å². The predicted molar refractivity (Wildman–Crippen MR) is 70.3 cm³/mol. The maximum atomic E-state index is 11.2. The van der Waals surface area contributed by atoms with Gasteiger partial charge in [-0.3, -0.25) is 14.9 Å². The monoisotopic (exact) mass is 278 g/mol. The molecule has 0 aliphatic carbocycles. The Morgan fingerprint density at radius 1 is 1.50 bits per heavy atom. The Morgan fingerprint density at radius 3 is 2.80 bits per heavy atom. The molecule has 20 heavy (non-hydrogen) atoms. The van der Waals surface area contributed by atoms with Crippen molar-refractivity contribution in [3.63, 3.8) is 0 Å². The molecule has 3 N–H and O–H groups in total. The predicted octanol–water partition coefficient (Wildman–Crippen LogP) is 1.01. The second-order valence-electron chi connectivity index (χ2n) is 5.22. The summed E-state index contributed by atoms with van der Waals surface area (Å²) < 4.78 is 0. The van der Waals surface area contributed by atoms with Gasteiger partial charge in [-0.2, -0.15) is 0 Å². The number of nitrogen functional groups attached to an aromatic ring is 1. The number of aromatic nitrogens is 1. The fraction of sp³-hybridized carbons (Fsp3) is 0.500. The molecule has 3 rings (SSSR count). The molecule has 1 aromatic rings. The zero-order chi connectivity index (χ0) is 14.4. The van der Waals surface area contributed by atoms with Crippen molar-refractivity contribution in [1.29, 1.82) is 0 Å². The van der Waals surface area contributed by atoms with Gasteiger partial charge in [0.05, 0.1) is 10.8 Å². The molecule has 106 valence electrons. The van der Waals surface area contributed by atoms with Crippen molar-refractivity contribution < 1.29 is 14.8 Å². The number of aliphatic carboxylic acids is 1. The quantitative estimate of drug-likeness (QED) is 0.624. The fourth-order valence-electron chi connectivity index (χ4n) is 3.37. The van der Waals surface area contributed by atoms with Crippen LogP contribution in [-0.4, -0.2) is 33.1 Å². The van der Waals surface area contributed by atoms with Crippen molar-refractivity contribution in [3.8, 4) is 0 Å². The number of nitrogens with zero attached hydrogens (tertiary/aromatic N) is 3. The molecule has 2 aliphatic heterocycles. The van der Waals surface area contributed by atoms with E-state index in [1.165, 1.54) is 6.07 Å². The molecule has 3 heterocycles. The molecule has 2 aliphatic rings. The number of carboxylic acids is 1. The van der Waals surface area contributed by atoms with Crippen LogP contribution in [0.25, 0.3) is 0 Å². The van der Waals surface area contributed by atoms with E-state index in [4.69, 9.17) is 5.73 Å². The van der Waals surface area contributed by atoms with E-state index in [0.717, 1.165) is 12.8 Å². The smallest absolute Gasteiger partial charge is 0.311 e. The third kappa shape index (κ3) is 1.75. The number of anilines is 2. The summed E-state index contributed by atoms with van der Waals surface area (Å²) in [6, 6.07) is 2.91. The molecule has 2 bridgehead atoms. The lowest BCUT2D eigenvalue weighted by molar-refractivity contribution is -0.384. The lowest BCUT2D eigenvalue weighted by atomic mass is 9.89. The van der Waals surface area contributed by atoms with Crippen LogP contribution in [0.15, 0.2) is 12.1 Å². The Kier molecular flexibility index (Phi) is 2.73. The van der Waals surface area contributed by atoms with E-state index >= 15 is 0 Å². The first-order chi connectivity index (χ1) is 9.49. The lowest BCUT2D eigenvalue weighted by Gasteiger charge is -2.24. The van der Waals surface area contributed by atoms with Gasteiger partial charge in [-0.25, -0.2) is 4.98 Å². The van der Waals surface area contributed by atoms with E-state index in [1.807, 2.05) is 4.90 Å². The SMILES string of the molecule is Nc1nc(N2C3CCC2C(C(=O)O)C3)ccc1[N+](=O)[O-]. The van der Waals surface area contributed by atoms with Crippen LogP contribution in [0.2, 0.25) is 0 Å². The van der Waals surface area contributed by atoms with Crippen LogP contribution < -0.4 is 10.6 Å². The average molecular weight is 278 g/mol. The summed E-state index contributed by atoms with van der Waals surface area (Å²) in [4.78, 5) is 27.4. The normalized spacial score (nSPS) is 27.8. The van der Waals surface area contributed by atoms with Crippen LogP contribution in [0.1, 0.15) is 19.3 Å². The van der Waals surface area contributed by atoms with Crippen LogP contribution in [0.5, 0.6) is 0 Å². The fourth-order valence-corrected chi connectivity index (χ4v) is 3.37. The number of pyridine rings is 1. The first-order valence-electron chi connectivity index (χ1n) is 6.41. The Balaban J connectivity index is 1.93. The zero-order valence-electron chi connectivity index (χ0n) is 10.6. The Morgan fingerprint density at radius 2 is 2.25 bits per heavy atom. The minimum atomic E-state index is -0.794. The van der Waals surface area contributed by atoms with Crippen LogP contribution in [0.3, 0.4) is 0 Å². The van der Waals surface area contributed by atoms with Crippen molar-refractivity contribution in [3.05, 3.63) is 22.2 Å². The molecule has 2 saturated heterocycles. The van der Waals surface area contributed by atoms with Crippen molar-refractivity contribution in [2.75, 3.05) is 10.6 Å². The van der Waals surface area contributed by atoms with Gasteiger partial charge in [-0.1, -0.05) is 0 Å². The zero-order valence-corrected chi connectivity index (χ0v) is 10.6. The summed E-state index contributed by atoms with van der Waals surface area (Å²) in [6.45, 7) is 0. The second kappa shape index (κ2) is 4.32. The number of carboxylic acid groups (broad SMARTS) is 1. The third-order valence-corrected chi connectivity index (χ3v) is 4.20. The van der Waals surface area contributed by atoms with Crippen molar-refractivity contribution >= 4 is 23.3 Å². The first kappa shape index (κ1) is 12.6. The van der Waals surface area contributed by atoms with Crippen LogP contribution in [-0.2, 0) is 4.79 Å². The van der Waals surface area contributed by atoms with Gasteiger partial charge in [0.2, 0.25) is 5.82 Å². The second-order valence-corrected chi connectivity index (χ2v) is 5.22. The summed E-state index contributed by atoms with van der Waals surface area (Å²) in [5.74, 6) is -0.793. The Hall–Kier alpha value is -2.38. The highest BCUT2D eigenvalue weighted by Gasteiger charge is 2.49. The van der Waals surface area contributed by atoms with Gasteiger partial charge in [-0.15, -0.1) is 0 Å². The molecule has 3 atom stereocenters. The number of carbonyl (C=O) groups is 1. The molecule has 0 saturated carbocycles. The highest BCUT2D eigenvalue weighted by atomic mass is 16.6.